The van der Waals surface area contributed by atoms with Crippen LogP contribution in [-0.2, 0) is 0 Å². The largest absolute Gasteiger partial charge is 0.382 e. The van der Waals surface area contributed by atoms with E-state index in [1.165, 1.54) is 12.4 Å². The van der Waals surface area contributed by atoms with Gasteiger partial charge in [0.15, 0.2) is 5.82 Å². The molecule has 0 aliphatic heterocycles. The minimum Gasteiger partial charge on any atom is -0.382 e. The monoisotopic (exact) mass is 270 g/mol. The Labute approximate surface area is 93.8 Å². The van der Waals surface area contributed by atoms with E-state index in [4.69, 9.17) is 11.6 Å². The van der Waals surface area contributed by atoms with Crippen LogP contribution >= 0.6 is 15.9 Å². The number of nitrogens with zero attached hydrogens (tertiary/aromatic N) is 2. The van der Waals surface area contributed by atoms with E-state index in [-0.39, 0.29) is 11.6 Å². The summed E-state index contributed by atoms with van der Waals surface area (Å²) in [6.45, 7) is 0. The maximum absolute atomic E-state index is 13.5. The first-order chi connectivity index (χ1) is 7.09. The molecule has 0 atom stereocenters. The lowest BCUT2D eigenvalue weighted by molar-refractivity contribution is 0.630. The van der Waals surface area contributed by atoms with Gasteiger partial charge < -0.3 is 11.6 Å². The molecule has 4 N–H and O–H groups in total. The van der Waals surface area contributed by atoms with Crippen molar-refractivity contribution >= 4 is 21.7 Å². The highest BCUT2D eigenvalue weighted by atomic mass is 79.9. The number of halogens is 2. The van der Waals surface area contributed by atoms with Crippen molar-refractivity contribution < 1.29 is 4.39 Å². The first-order valence-corrected chi connectivity index (χ1v) is 4.92. The Morgan fingerprint density at radius 1 is 1.40 bits per heavy atom. The fourth-order valence-electron chi connectivity index (χ4n) is 1.26. The minimum absolute atomic E-state index is 0.229. The molecule has 1 aromatic heterocycles. The molecule has 4 nitrogen and oxygen atoms in total. The molecule has 1 heterocycles. The van der Waals surface area contributed by atoms with E-state index < -0.39 is 0 Å². The summed E-state index contributed by atoms with van der Waals surface area (Å²) in [4.78, 5) is 3.94. The molecular weight excluding hydrogens is 263 g/mol. The van der Waals surface area contributed by atoms with E-state index in [9.17, 15) is 4.39 Å². The maximum atomic E-state index is 13.5. The average Bonchev–Trinajstić information content (AvgIpc) is 2.52. The molecule has 0 bridgehead atoms. The van der Waals surface area contributed by atoms with Gasteiger partial charge in [-0.05, 0) is 18.2 Å². The van der Waals surface area contributed by atoms with E-state index in [1.807, 2.05) is 0 Å². The first kappa shape index (κ1) is 9.97. The molecule has 0 fully saturated rings. The van der Waals surface area contributed by atoms with Crippen molar-refractivity contribution in [1.29, 1.82) is 0 Å². The van der Waals surface area contributed by atoms with Crippen LogP contribution < -0.4 is 11.6 Å². The lowest BCUT2D eigenvalue weighted by Gasteiger charge is -2.02. The van der Waals surface area contributed by atoms with Crippen molar-refractivity contribution in [3.8, 4) is 11.3 Å². The summed E-state index contributed by atoms with van der Waals surface area (Å²) in [6.07, 6.45) is 1.34. The fraction of sp³-hybridized carbons (Fsp3) is 0. The molecule has 0 radical (unpaired) electrons. The molecule has 6 heteroatoms. The van der Waals surface area contributed by atoms with Gasteiger partial charge in [-0.2, -0.15) is 0 Å². The SMILES string of the molecule is Nc1c(-c2cc(Br)ccc2F)ncn1N. The number of hydrogen-bond donors (Lipinski definition) is 2. The van der Waals surface area contributed by atoms with Gasteiger partial charge in [0.05, 0.1) is 0 Å². The third-order valence-electron chi connectivity index (χ3n) is 2.02. The van der Waals surface area contributed by atoms with Gasteiger partial charge in [-0.3, -0.25) is 0 Å². The number of rotatable bonds is 1. The summed E-state index contributed by atoms with van der Waals surface area (Å²) in [6, 6.07) is 4.55. The number of aromatic nitrogens is 2. The number of hydrogen-bond acceptors (Lipinski definition) is 3. The first-order valence-electron chi connectivity index (χ1n) is 4.13. The van der Waals surface area contributed by atoms with Crippen LogP contribution in [0.4, 0.5) is 10.2 Å². The van der Waals surface area contributed by atoms with Crippen LogP contribution in [0.3, 0.4) is 0 Å². The maximum Gasteiger partial charge on any atom is 0.150 e. The number of benzene rings is 1. The van der Waals surface area contributed by atoms with Gasteiger partial charge in [0.25, 0.3) is 0 Å². The van der Waals surface area contributed by atoms with Gasteiger partial charge in [-0.15, -0.1) is 0 Å². The van der Waals surface area contributed by atoms with Crippen molar-refractivity contribution in [1.82, 2.24) is 9.66 Å². The van der Waals surface area contributed by atoms with E-state index in [2.05, 4.69) is 20.9 Å². The van der Waals surface area contributed by atoms with Gasteiger partial charge in [0, 0.05) is 10.0 Å². The van der Waals surface area contributed by atoms with Gasteiger partial charge in [-0.1, -0.05) is 15.9 Å². The molecular formula is C9H8BrFN4. The van der Waals surface area contributed by atoms with Crippen molar-refractivity contribution in [3.63, 3.8) is 0 Å². The predicted molar refractivity (Wildman–Crippen MR) is 59.9 cm³/mol. The Morgan fingerprint density at radius 2 is 2.13 bits per heavy atom. The van der Waals surface area contributed by atoms with Crippen LogP contribution in [0.15, 0.2) is 29.0 Å². The van der Waals surface area contributed by atoms with E-state index >= 15 is 0 Å². The molecule has 15 heavy (non-hydrogen) atoms. The number of anilines is 1. The highest BCUT2D eigenvalue weighted by molar-refractivity contribution is 9.10. The third kappa shape index (κ3) is 1.68. The Balaban J connectivity index is 2.63. The van der Waals surface area contributed by atoms with E-state index in [1.54, 1.807) is 12.1 Å². The van der Waals surface area contributed by atoms with Crippen LogP contribution in [0, 0.1) is 5.82 Å². The third-order valence-corrected chi connectivity index (χ3v) is 2.51. The van der Waals surface area contributed by atoms with Gasteiger partial charge in [0.2, 0.25) is 0 Å². The average molecular weight is 271 g/mol. The molecule has 0 spiro atoms. The second kappa shape index (κ2) is 3.54. The highest BCUT2D eigenvalue weighted by Crippen LogP contribution is 2.28. The second-order valence-corrected chi connectivity index (χ2v) is 3.93. The Hall–Kier alpha value is -1.56. The van der Waals surface area contributed by atoms with Crippen molar-refractivity contribution in [3.05, 3.63) is 34.8 Å². The zero-order chi connectivity index (χ0) is 11.0. The Bertz CT molecular complexity index is 509. The van der Waals surface area contributed by atoms with Crippen molar-refractivity contribution in [2.24, 2.45) is 0 Å². The summed E-state index contributed by atoms with van der Waals surface area (Å²) in [5, 5.41) is 0. The molecule has 0 aliphatic carbocycles. The standard InChI is InChI=1S/C9H8BrFN4/c10-5-1-2-7(11)6(3-5)8-9(12)15(13)4-14-8/h1-4H,12-13H2. The highest BCUT2D eigenvalue weighted by Gasteiger charge is 2.13. The summed E-state index contributed by atoms with van der Waals surface area (Å²) >= 11 is 3.25. The Morgan fingerprint density at radius 3 is 2.73 bits per heavy atom. The summed E-state index contributed by atoms with van der Waals surface area (Å²) in [7, 11) is 0. The van der Waals surface area contributed by atoms with Crippen LogP contribution in [0.5, 0.6) is 0 Å². The predicted octanol–water partition coefficient (Wildman–Crippen LogP) is 1.75. The lowest BCUT2D eigenvalue weighted by Crippen LogP contribution is -2.10. The molecule has 2 aromatic rings. The summed E-state index contributed by atoms with van der Waals surface area (Å²) in [5.74, 6) is 5.30. The molecule has 1 aromatic carbocycles. The number of nitrogens with two attached hydrogens (primary N) is 2. The second-order valence-electron chi connectivity index (χ2n) is 3.01. The van der Waals surface area contributed by atoms with Crippen molar-refractivity contribution in [2.45, 2.75) is 0 Å². The number of imidazole rings is 1. The topological polar surface area (TPSA) is 69.9 Å². The fourth-order valence-corrected chi connectivity index (χ4v) is 1.62. The van der Waals surface area contributed by atoms with Gasteiger partial charge in [-0.25, -0.2) is 14.1 Å². The smallest absolute Gasteiger partial charge is 0.150 e. The zero-order valence-electron chi connectivity index (χ0n) is 7.61. The van der Waals surface area contributed by atoms with E-state index in [0.29, 0.717) is 11.3 Å². The van der Waals surface area contributed by atoms with Crippen LogP contribution in [0.25, 0.3) is 11.3 Å². The molecule has 0 unspecified atom stereocenters. The number of nitrogen functional groups attached to an aromatic ring is 2. The zero-order valence-corrected chi connectivity index (χ0v) is 9.20. The Kier molecular flexibility index (Phi) is 2.36. The van der Waals surface area contributed by atoms with Gasteiger partial charge >= 0.3 is 0 Å². The van der Waals surface area contributed by atoms with Gasteiger partial charge in [0.1, 0.15) is 17.8 Å². The summed E-state index contributed by atoms with van der Waals surface area (Å²) in [5.41, 5.74) is 6.32. The minimum atomic E-state index is -0.386. The van der Waals surface area contributed by atoms with Crippen LogP contribution in [-0.4, -0.2) is 9.66 Å². The van der Waals surface area contributed by atoms with Crippen LogP contribution in [0.2, 0.25) is 0 Å². The molecule has 0 saturated carbocycles. The lowest BCUT2D eigenvalue weighted by atomic mass is 10.1. The van der Waals surface area contributed by atoms with Crippen molar-refractivity contribution in [2.75, 3.05) is 11.6 Å². The molecule has 0 amide bonds. The molecule has 2 rings (SSSR count). The molecule has 0 saturated heterocycles. The quantitative estimate of drug-likeness (QED) is 0.776. The van der Waals surface area contributed by atoms with E-state index in [0.717, 1.165) is 9.15 Å². The van der Waals surface area contributed by atoms with Crippen LogP contribution in [0.1, 0.15) is 0 Å². The normalized spacial score (nSPS) is 10.5. The molecule has 0 aliphatic rings. The molecule has 78 valence electrons. The summed E-state index contributed by atoms with van der Waals surface area (Å²) < 4.78 is 15.4.